The molecule has 0 bridgehead atoms. The zero-order valence-electron chi connectivity index (χ0n) is 16.5. The van der Waals surface area contributed by atoms with Gasteiger partial charge in [-0.05, 0) is 81.7 Å². The summed E-state index contributed by atoms with van der Waals surface area (Å²) >= 11 is 0. The van der Waals surface area contributed by atoms with Crippen LogP contribution in [-0.4, -0.2) is 13.6 Å². The van der Waals surface area contributed by atoms with Gasteiger partial charge in [-0.1, -0.05) is 58.1 Å². The average molecular weight is 320 g/mol. The molecule has 1 fully saturated rings. The molecule has 1 saturated carbocycles. The second kappa shape index (κ2) is 8.70. The van der Waals surface area contributed by atoms with Gasteiger partial charge in [0.2, 0.25) is 0 Å². The van der Waals surface area contributed by atoms with Crippen LogP contribution in [0.3, 0.4) is 0 Å². The van der Waals surface area contributed by atoms with Crippen LogP contribution >= 0.6 is 0 Å². The molecule has 0 unspecified atom stereocenters. The van der Waals surface area contributed by atoms with E-state index in [2.05, 4.69) is 40.1 Å². The summed E-state index contributed by atoms with van der Waals surface area (Å²) in [6.07, 6.45) is 14.1. The van der Waals surface area contributed by atoms with Crippen LogP contribution in [0.4, 0.5) is 0 Å². The maximum absolute atomic E-state index is 3.31. The smallest absolute Gasteiger partial charge is 0.00489 e. The summed E-state index contributed by atoms with van der Waals surface area (Å²) in [5, 5.41) is 3.31. The topological polar surface area (TPSA) is 12.0 Å². The van der Waals surface area contributed by atoms with Gasteiger partial charge in [0, 0.05) is 0 Å². The van der Waals surface area contributed by atoms with Crippen LogP contribution in [-0.2, 0) is 0 Å². The molecule has 1 N–H and O–H groups in total. The first-order valence-electron chi connectivity index (χ1n) is 10.3. The predicted molar refractivity (Wildman–Crippen MR) is 103 cm³/mol. The fourth-order valence-corrected chi connectivity index (χ4v) is 5.58. The van der Waals surface area contributed by atoms with Crippen molar-refractivity contribution in [3.8, 4) is 0 Å². The van der Waals surface area contributed by atoms with Crippen LogP contribution in [0.15, 0.2) is 11.1 Å². The fourth-order valence-electron chi connectivity index (χ4n) is 5.58. The average Bonchev–Trinajstić information content (AvgIpc) is 2.85. The van der Waals surface area contributed by atoms with Crippen molar-refractivity contribution in [3.63, 3.8) is 0 Å². The first-order valence-corrected chi connectivity index (χ1v) is 10.3. The number of rotatable bonds is 9. The van der Waals surface area contributed by atoms with Crippen molar-refractivity contribution in [2.24, 2.45) is 23.2 Å². The quantitative estimate of drug-likeness (QED) is 0.386. The molecule has 23 heavy (non-hydrogen) atoms. The highest BCUT2D eigenvalue weighted by Crippen LogP contribution is 2.58. The highest BCUT2D eigenvalue weighted by molar-refractivity contribution is 5.29. The Kier molecular flexibility index (Phi) is 7.19. The molecule has 2 aliphatic rings. The lowest BCUT2D eigenvalue weighted by Gasteiger charge is -2.41. The van der Waals surface area contributed by atoms with Gasteiger partial charge in [-0.15, -0.1) is 0 Å². The molecule has 2 rings (SSSR count). The summed E-state index contributed by atoms with van der Waals surface area (Å²) in [5.74, 6) is 2.72. The van der Waals surface area contributed by atoms with Crippen molar-refractivity contribution in [3.05, 3.63) is 11.1 Å². The Morgan fingerprint density at radius 2 is 1.91 bits per heavy atom. The van der Waals surface area contributed by atoms with Crippen molar-refractivity contribution >= 4 is 0 Å². The van der Waals surface area contributed by atoms with Gasteiger partial charge in [0.15, 0.2) is 0 Å². The molecule has 0 radical (unpaired) electrons. The SMILES string of the molecule is CNCCCC1=C2CC[C@H]([C@H](C)CCCC(C)C)[C@@]2(C)CCC1. The van der Waals surface area contributed by atoms with Crippen LogP contribution in [0.25, 0.3) is 0 Å². The van der Waals surface area contributed by atoms with Gasteiger partial charge in [0.1, 0.15) is 0 Å². The van der Waals surface area contributed by atoms with E-state index >= 15 is 0 Å². The van der Waals surface area contributed by atoms with Crippen LogP contribution < -0.4 is 5.32 Å². The van der Waals surface area contributed by atoms with Crippen LogP contribution in [0.1, 0.15) is 91.9 Å². The molecule has 0 aromatic carbocycles. The van der Waals surface area contributed by atoms with Gasteiger partial charge >= 0.3 is 0 Å². The van der Waals surface area contributed by atoms with E-state index in [-0.39, 0.29) is 0 Å². The Morgan fingerprint density at radius 1 is 1.13 bits per heavy atom. The Morgan fingerprint density at radius 3 is 2.61 bits per heavy atom. The van der Waals surface area contributed by atoms with Crippen molar-refractivity contribution in [2.75, 3.05) is 13.6 Å². The van der Waals surface area contributed by atoms with E-state index in [1.165, 1.54) is 70.8 Å². The van der Waals surface area contributed by atoms with E-state index in [1.807, 2.05) is 11.1 Å². The summed E-state index contributed by atoms with van der Waals surface area (Å²) in [7, 11) is 2.08. The Bertz CT molecular complexity index is 395. The molecule has 0 spiro atoms. The summed E-state index contributed by atoms with van der Waals surface area (Å²) in [4.78, 5) is 0. The molecule has 1 nitrogen and oxygen atoms in total. The molecule has 0 amide bonds. The van der Waals surface area contributed by atoms with Gasteiger partial charge in [-0.3, -0.25) is 0 Å². The Balaban J connectivity index is 2.00. The normalized spacial score (nSPS) is 29.2. The lowest BCUT2D eigenvalue weighted by molar-refractivity contribution is 0.162. The fraction of sp³-hybridized carbons (Fsp3) is 0.909. The molecule has 2 aliphatic carbocycles. The van der Waals surface area contributed by atoms with E-state index < -0.39 is 0 Å². The zero-order chi connectivity index (χ0) is 16.9. The molecule has 0 aromatic rings. The predicted octanol–water partition coefficient (Wildman–Crippen LogP) is 6.35. The van der Waals surface area contributed by atoms with Crippen molar-refractivity contribution in [1.29, 1.82) is 0 Å². The molecular weight excluding hydrogens is 278 g/mol. The van der Waals surface area contributed by atoms with Gasteiger partial charge in [-0.25, -0.2) is 0 Å². The van der Waals surface area contributed by atoms with E-state index in [4.69, 9.17) is 0 Å². The third kappa shape index (κ3) is 4.62. The van der Waals surface area contributed by atoms with Crippen LogP contribution in [0, 0.1) is 23.2 Å². The first kappa shape index (κ1) is 19.0. The first-order chi connectivity index (χ1) is 11.0. The van der Waals surface area contributed by atoms with E-state index in [1.54, 1.807) is 0 Å². The Hall–Kier alpha value is -0.300. The van der Waals surface area contributed by atoms with E-state index in [9.17, 15) is 0 Å². The molecular formula is C22H41N. The molecule has 0 heterocycles. The molecule has 134 valence electrons. The second-order valence-corrected chi connectivity index (χ2v) is 9.01. The van der Waals surface area contributed by atoms with Crippen LogP contribution in [0.2, 0.25) is 0 Å². The minimum Gasteiger partial charge on any atom is -0.320 e. The number of allylic oxidation sites excluding steroid dienone is 2. The Labute approximate surface area is 145 Å². The number of hydrogen-bond donors (Lipinski definition) is 1. The van der Waals surface area contributed by atoms with Crippen molar-refractivity contribution in [1.82, 2.24) is 5.32 Å². The maximum Gasteiger partial charge on any atom is -0.00489 e. The largest absolute Gasteiger partial charge is 0.320 e. The summed E-state index contributed by atoms with van der Waals surface area (Å²) in [5.41, 5.74) is 4.30. The number of fused-ring (bicyclic) bond motifs is 1. The number of nitrogens with one attached hydrogen (secondary N) is 1. The molecule has 0 aromatic heterocycles. The van der Waals surface area contributed by atoms with Gasteiger partial charge in [0.05, 0.1) is 0 Å². The monoisotopic (exact) mass is 319 g/mol. The van der Waals surface area contributed by atoms with Gasteiger partial charge < -0.3 is 5.32 Å². The van der Waals surface area contributed by atoms with Gasteiger partial charge in [-0.2, -0.15) is 0 Å². The van der Waals surface area contributed by atoms with Crippen molar-refractivity contribution < 1.29 is 0 Å². The standard InChI is InChI=1S/C22H41N/c1-17(2)9-6-10-18(3)20-13-14-21-19(12-8-16-23-5)11-7-15-22(20,21)4/h17-18,20,23H,6-16H2,1-5H3/t18-,20-,22-/m1/s1. The second-order valence-electron chi connectivity index (χ2n) is 9.01. The molecule has 0 saturated heterocycles. The summed E-state index contributed by atoms with van der Waals surface area (Å²) in [6, 6.07) is 0. The van der Waals surface area contributed by atoms with Crippen molar-refractivity contribution in [2.45, 2.75) is 91.9 Å². The lowest BCUT2D eigenvalue weighted by atomic mass is 9.64. The minimum absolute atomic E-state index is 0.546. The van der Waals surface area contributed by atoms with E-state index in [0.29, 0.717) is 5.41 Å². The third-order valence-electron chi connectivity index (χ3n) is 6.85. The van der Waals surface area contributed by atoms with Crippen LogP contribution in [0.5, 0.6) is 0 Å². The summed E-state index contributed by atoms with van der Waals surface area (Å²) in [6.45, 7) is 11.1. The molecule has 3 atom stereocenters. The molecule has 1 heteroatoms. The summed E-state index contributed by atoms with van der Waals surface area (Å²) < 4.78 is 0. The van der Waals surface area contributed by atoms with Gasteiger partial charge in [0.25, 0.3) is 0 Å². The third-order valence-corrected chi connectivity index (χ3v) is 6.85. The van der Waals surface area contributed by atoms with E-state index in [0.717, 1.165) is 17.8 Å². The highest BCUT2D eigenvalue weighted by Gasteiger charge is 2.46. The maximum atomic E-state index is 3.31. The molecule has 0 aliphatic heterocycles. The lowest BCUT2D eigenvalue weighted by Crippen LogP contribution is -2.31. The highest BCUT2D eigenvalue weighted by atomic mass is 14.8. The minimum atomic E-state index is 0.546. The number of hydrogen-bond acceptors (Lipinski definition) is 1. The zero-order valence-corrected chi connectivity index (χ0v) is 16.5.